The van der Waals surface area contributed by atoms with Gasteiger partial charge in [-0.2, -0.15) is 20.5 Å². The predicted octanol–water partition coefficient (Wildman–Crippen LogP) is 3.73. The van der Waals surface area contributed by atoms with Crippen LogP contribution in [-0.2, 0) is 25.8 Å². The van der Waals surface area contributed by atoms with Gasteiger partial charge >= 0.3 is 72.4 Å². The molecule has 0 fully saturated rings. The quantitative estimate of drug-likeness (QED) is 0.283. The molecule has 31 heavy (non-hydrogen) atoms. The van der Waals surface area contributed by atoms with Crippen LogP contribution in [0, 0.1) is 0 Å². The third kappa shape index (κ3) is 9.26. The van der Waals surface area contributed by atoms with E-state index in [-0.39, 0.29) is 68.5 Å². The van der Waals surface area contributed by atoms with Crippen molar-refractivity contribution in [1.82, 2.24) is 0 Å². The summed E-state index contributed by atoms with van der Waals surface area (Å²) in [5, 5.41) is 0. The van der Waals surface area contributed by atoms with E-state index in [1.165, 1.54) is 30.0 Å². The summed E-state index contributed by atoms with van der Waals surface area (Å²) in [7, 11) is -8.89. The van der Waals surface area contributed by atoms with Gasteiger partial charge in [-0.25, -0.2) is 8.42 Å². The van der Waals surface area contributed by atoms with Gasteiger partial charge in [-0.05, 0) is 29.3 Å². The summed E-state index contributed by atoms with van der Waals surface area (Å²) in [6.07, 6.45) is 4.80. The number of thioether (sulfide) groups is 1. The topological polar surface area (TPSA) is 91.7 Å². The molecule has 2 N–H and O–H groups in total. The summed E-state index contributed by atoms with van der Waals surface area (Å²) in [4.78, 5) is 17.9. The van der Waals surface area contributed by atoms with Crippen molar-refractivity contribution in [2.75, 3.05) is 12.0 Å². The average molecular weight is 575 g/mol. The zero-order chi connectivity index (χ0) is 21.9. The van der Waals surface area contributed by atoms with Gasteiger partial charge in [0.1, 0.15) is 0 Å². The first-order valence-corrected chi connectivity index (χ1v) is 13.5. The Balaban J connectivity index is 0.00000450. The Morgan fingerprint density at radius 3 is 2.35 bits per heavy atom. The molecule has 2 rings (SSSR count). The molecule has 5 nitrogen and oxygen atoms in total. The Morgan fingerprint density at radius 1 is 1.16 bits per heavy atom. The fraction of sp³-hybridized carbons (Fsp3) is 0.222. The van der Waals surface area contributed by atoms with Crippen molar-refractivity contribution in [3.63, 3.8) is 0 Å². The summed E-state index contributed by atoms with van der Waals surface area (Å²) in [5.41, 5.74) is -3.56. The van der Waals surface area contributed by atoms with Crippen LogP contribution in [0.15, 0.2) is 57.9 Å². The first-order chi connectivity index (χ1) is 13.3. The molecule has 13 heteroatoms. The zero-order valence-electron chi connectivity index (χ0n) is 15.1. The number of alkyl halides is 2. The molecule has 0 unspecified atom stereocenters. The van der Waals surface area contributed by atoms with Gasteiger partial charge in [0.2, 0.25) is 0 Å². The monoisotopic (exact) mass is 574 g/mol. The number of hydrogen-bond acceptors (Lipinski definition) is 4. The van der Waals surface area contributed by atoms with Crippen LogP contribution in [0.4, 0.5) is 8.78 Å². The van der Waals surface area contributed by atoms with Gasteiger partial charge in [0.15, 0.2) is 9.84 Å². The molecule has 0 heterocycles. The molecular weight excluding hydrogens is 555 g/mol. The number of rotatable bonds is 8. The molecule has 0 bridgehead atoms. The number of sulfone groups is 1. The molecule has 0 radical (unpaired) electrons. The molecule has 162 valence electrons. The molecule has 0 aliphatic carbocycles. The van der Waals surface area contributed by atoms with Gasteiger partial charge < -0.3 is 9.79 Å². The van der Waals surface area contributed by atoms with Crippen LogP contribution >= 0.6 is 35.3 Å². The van der Waals surface area contributed by atoms with Gasteiger partial charge in [-0.3, -0.25) is 4.57 Å². The summed E-state index contributed by atoms with van der Waals surface area (Å²) < 4.78 is 61.7. The Hall–Kier alpha value is 0.970. The van der Waals surface area contributed by atoms with Crippen LogP contribution in [0.1, 0.15) is 16.7 Å². The number of hydrogen-bond donors (Lipinski definition) is 2. The van der Waals surface area contributed by atoms with Crippen molar-refractivity contribution < 1.29 is 31.6 Å². The summed E-state index contributed by atoms with van der Waals surface area (Å²) >= 11 is 4.45. The Labute approximate surface area is 237 Å². The first-order valence-electron chi connectivity index (χ1n) is 8.09. The van der Waals surface area contributed by atoms with Crippen LogP contribution in [0.5, 0.6) is 0 Å². The van der Waals surface area contributed by atoms with E-state index in [0.717, 1.165) is 17.9 Å². The third-order valence-corrected chi connectivity index (χ3v) is 7.51. The molecule has 2 aromatic carbocycles. The molecule has 0 saturated carbocycles. The maximum atomic E-state index is 13.8. The van der Waals surface area contributed by atoms with Crippen molar-refractivity contribution in [3.05, 3.63) is 69.7 Å². The van der Waals surface area contributed by atoms with E-state index >= 15 is 0 Å². The van der Waals surface area contributed by atoms with E-state index in [1.807, 2.05) is 6.08 Å². The fourth-order valence-corrected chi connectivity index (χ4v) is 5.11. The van der Waals surface area contributed by atoms with Crippen LogP contribution in [0.25, 0.3) is 6.08 Å². The second-order valence-electron chi connectivity index (χ2n) is 6.16. The molecule has 0 aliphatic rings. The van der Waals surface area contributed by atoms with Crippen molar-refractivity contribution >= 4 is 110 Å². The molecule has 0 spiro atoms. The van der Waals surface area contributed by atoms with Gasteiger partial charge in [0.25, 0.3) is 0 Å². The van der Waals surface area contributed by atoms with Crippen molar-refractivity contribution in [1.29, 1.82) is 0 Å². The molecule has 0 aromatic heterocycles. The molecular formula is C18H20BrF2Na2O5PS2. The van der Waals surface area contributed by atoms with E-state index in [0.29, 0.717) is 17.1 Å². The van der Waals surface area contributed by atoms with E-state index < -0.39 is 28.7 Å². The molecule has 0 aliphatic heterocycles. The zero-order valence-corrected chi connectivity index (χ0v) is 19.2. The Morgan fingerprint density at radius 2 is 1.81 bits per heavy atom. The van der Waals surface area contributed by atoms with Gasteiger partial charge in [0, 0.05) is 27.8 Å². The minimum absolute atomic E-state index is 0. The van der Waals surface area contributed by atoms with Crippen molar-refractivity contribution in [2.24, 2.45) is 0 Å². The summed E-state index contributed by atoms with van der Waals surface area (Å²) in [6.45, 7) is 0. The van der Waals surface area contributed by atoms with E-state index in [2.05, 4.69) is 15.9 Å². The standard InChI is InChI=1S/C18H18BrF2O5PS2.2Na.2H/c1-29(25,26)15-6-2-4-13(10-15)5-3-9-28-12-14-7-8-16(17(19)11-14)18(20,21)27(22,23)24;;;;/h2-8,10-11H,9,12H2,1H3,(H2,22,23,24);;;;/b5-3+;;;;. The van der Waals surface area contributed by atoms with Crippen molar-refractivity contribution in [3.8, 4) is 0 Å². The van der Waals surface area contributed by atoms with E-state index in [1.54, 1.807) is 24.3 Å². The second kappa shape index (κ2) is 13.2. The summed E-state index contributed by atoms with van der Waals surface area (Å²) in [6, 6.07) is 10.4. The van der Waals surface area contributed by atoms with E-state index in [4.69, 9.17) is 9.79 Å². The molecule has 0 amide bonds. The Kier molecular flexibility index (Phi) is 13.6. The van der Waals surface area contributed by atoms with E-state index in [9.17, 15) is 21.8 Å². The van der Waals surface area contributed by atoms with Gasteiger partial charge in [-0.15, -0.1) is 0 Å². The van der Waals surface area contributed by atoms with Gasteiger partial charge in [-0.1, -0.05) is 52.3 Å². The van der Waals surface area contributed by atoms with Crippen LogP contribution in [-0.4, -0.2) is 89.3 Å². The third-order valence-electron chi connectivity index (χ3n) is 3.80. The number of benzene rings is 2. The number of halogens is 3. The minimum atomic E-state index is -5.62. The Bertz CT molecular complexity index is 1080. The predicted molar refractivity (Wildman–Crippen MR) is 129 cm³/mol. The van der Waals surface area contributed by atoms with Crippen molar-refractivity contribution in [2.45, 2.75) is 16.3 Å². The summed E-state index contributed by atoms with van der Waals surface area (Å²) in [5.74, 6) is 1.09. The van der Waals surface area contributed by atoms with Crippen LogP contribution in [0.3, 0.4) is 0 Å². The maximum absolute atomic E-state index is 13.8. The molecule has 2 aromatic rings. The average Bonchev–Trinajstić information content (AvgIpc) is 2.60. The van der Waals surface area contributed by atoms with Crippen LogP contribution < -0.4 is 0 Å². The van der Waals surface area contributed by atoms with Crippen LogP contribution in [0.2, 0.25) is 0 Å². The molecule has 0 atom stereocenters. The van der Waals surface area contributed by atoms with Gasteiger partial charge in [0.05, 0.1) is 4.90 Å². The SMILES string of the molecule is CS(=O)(=O)c1cccc(/C=C/CSCc2ccc(C(F)(F)P(=O)(O)O)c(Br)c2)c1.[NaH].[NaH]. The fourth-order valence-electron chi connectivity index (χ4n) is 2.33. The normalized spacial score (nSPS) is 12.3. The second-order valence-corrected chi connectivity index (χ2v) is 11.7. The first kappa shape index (κ1) is 32.0. The molecule has 0 saturated heterocycles.